The van der Waals surface area contributed by atoms with Gasteiger partial charge in [-0.2, -0.15) is 0 Å². The van der Waals surface area contributed by atoms with E-state index >= 15 is 0 Å². The zero-order valence-corrected chi connectivity index (χ0v) is 11.9. The van der Waals surface area contributed by atoms with Crippen molar-refractivity contribution in [1.29, 1.82) is 0 Å². The normalized spacial score (nSPS) is 12.3. The average Bonchev–Trinajstić information content (AvgIpc) is 2.62. The van der Waals surface area contributed by atoms with Crippen molar-refractivity contribution in [2.45, 2.75) is 0 Å². The molecule has 0 aliphatic rings. The summed E-state index contributed by atoms with van der Waals surface area (Å²) in [6.45, 7) is 0. The standard InChI is InChI=1S/C12H9BrN2O2S/c1-18(16,17)15-11-3-2-8(13)6-10(11)9-4-5-14-7-12(9)15/h2-7H,1H3. The summed E-state index contributed by atoms with van der Waals surface area (Å²) in [5.74, 6) is 0. The predicted molar refractivity (Wildman–Crippen MR) is 75.2 cm³/mol. The Labute approximate surface area is 112 Å². The molecule has 0 atom stereocenters. The molecule has 0 saturated carbocycles. The molecule has 0 N–H and O–H groups in total. The number of nitrogens with zero attached hydrogens (tertiary/aromatic N) is 2. The number of hydrogen-bond acceptors (Lipinski definition) is 3. The molecule has 3 rings (SSSR count). The van der Waals surface area contributed by atoms with Crippen molar-refractivity contribution in [2.24, 2.45) is 0 Å². The van der Waals surface area contributed by atoms with Crippen LogP contribution in [0.4, 0.5) is 0 Å². The highest BCUT2D eigenvalue weighted by Gasteiger charge is 2.16. The fourth-order valence-corrected chi connectivity index (χ4v) is 3.54. The first-order valence-electron chi connectivity index (χ1n) is 5.23. The van der Waals surface area contributed by atoms with Crippen molar-refractivity contribution in [2.75, 3.05) is 6.26 Å². The fourth-order valence-electron chi connectivity index (χ4n) is 2.16. The summed E-state index contributed by atoms with van der Waals surface area (Å²) < 4.78 is 26.1. The predicted octanol–water partition coefficient (Wildman–Crippen LogP) is 2.76. The van der Waals surface area contributed by atoms with Crippen LogP contribution in [0.15, 0.2) is 41.1 Å². The molecule has 4 nitrogen and oxygen atoms in total. The maximum Gasteiger partial charge on any atom is 0.236 e. The SMILES string of the molecule is CS(=O)(=O)n1c2ccc(Br)cc2c2ccncc21. The zero-order chi connectivity index (χ0) is 12.9. The topological polar surface area (TPSA) is 52.0 Å². The molecular weight excluding hydrogens is 316 g/mol. The fraction of sp³-hybridized carbons (Fsp3) is 0.0833. The summed E-state index contributed by atoms with van der Waals surface area (Å²) in [7, 11) is -3.36. The van der Waals surface area contributed by atoms with Gasteiger partial charge in [0.05, 0.1) is 23.5 Å². The molecule has 92 valence electrons. The van der Waals surface area contributed by atoms with E-state index in [1.54, 1.807) is 18.5 Å². The molecule has 2 aromatic heterocycles. The third kappa shape index (κ3) is 1.64. The molecule has 0 unspecified atom stereocenters. The number of halogens is 1. The highest BCUT2D eigenvalue weighted by atomic mass is 79.9. The van der Waals surface area contributed by atoms with Crippen LogP contribution in [0.25, 0.3) is 21.8 Å². The minimum absolute atomic E-state index is 0.605. The quantitative estimate of drug-likeness (QED) is 0.691. The Morgan fingerprint density at radius 3 is 2.67 bits per heavy atom. The van der Waals surface area contributed by atoms with E-state index in [0.29, 0.717) is 11.0 Å². The second-order valence-corrected chi connectivity index (χ2v) is 6.83. The van der Waals surface area contributed by atoms with Gasteiger partial charge in [0.2, 0.25) is 10.0 Å². The van der Waals surface area contributed by atoms with Crippen LogP contribution >= 0.6 is 15.9 Å². The van der Waals surface area contributed by atoms with E-state index in [1.165, 1.54) is 10.2 Å². The van der Waals surface area contributed by atoms with Crippen molar-refractivity contribution < 1.29 is 8.42 Å². The lowest BCUT2D eigenvalue weighted by atomic mass is 10.2. The van der Waals surface area contributed by atoms with Crippen LogP contribution in [0.3, 0.4) is 0 Å². The highest BCUT2D eigenvalue weighted by molar-refractivity contribution is 9.10. The Bertz CT molecular complexity index is 868. The Balaban J connectivity index is 2.67. The Morgan fingerprint density at radius 2 is 1.94 bits per heavy atom. The number of fused-ring (bicyclic) bond motifs is 3. The Kier molecular flexibility index (Phi) is 2.46. The van der Waals surface area contributed by atoms with Gasteiger partial charge in [-0.05, 0) is 24.3 Å². The van der Waals surface area contributed by atoms with Gasteiger partial charge in [0.25, 0.3) is 0 Å². The Hall–Kier alpha value is -1.40. The van der Waals surface area contributed by atoms with Crippen LogP contribution in [0.1, 0.15) is 0 Å². The van der Waals surface area contributed by atoms with E-state index in [1.807, 2.05) is 18.2 Å². The number of hydrogen-bond donors (Lipinski definition) is 0. The van der Waals surface area contributed by atoms with Crippen molar-refractivity contribution in [3.63, 3.8) is 0 Å². The molecule has 18 heavy (non-hydrogen) atoms. The van der Waals surface area contributed by atoms with Crippen molar-refractivity contribution in [3.8, 4) is 0 Å². The molecule has 0 saturated heterocycles. The maximum atomic E-state index is 11.9. The van der Waals surface area contributed by atoms with E-state index in [-0.39, 0.29) is 0 Å². The lowest BCUT2D eigenvalue weighted by Gasteiger charge is -2.03. The summed E-state index contributed by atoms with van der Waals surface area (Å²) >= 11 is 3.40. The second kappa shape index (κ2) is 3.80. The third-order valence-electron chi connectivity index (χ3n) is 2.82. The molecule has 2 heterocycles. The van der Waals surface area contributed by atoms with Crippen LogP contribution in [0.2, 0.25) is 0 Å². The minimum atomic E-state index is -3.36. The van der Waals surface area contributed by atoms with Gasteiger partial charge < -0.3 is 0 Å². The molecule has 0 bridgehead atoms. The van der Waals surface area contributed by atoms with E-state index in [4.69, 9.17) is 0 Å². The van der Waals surface area contributed by atoms with E-state index in [2.05, 4.69) is 20.9 Å². The molecule has 1 aromatic carbocycles. The number of rotatable bonds is 1. The molecule has 0 aliphatic heterocycles. The molecule has 0 amide bonds. The maximum absolute atomic E-state index is 11.9. The van der Waals surface area contributed by atoms with Crippen LogP contribution in [0, 0.1) is 0 Å². The molecule has 0 spiro atoms. The first-order valence-corrected chi connectivity index (χ1v) is 7.87. The smallest absolute Gasteiger partial charge is 0.236 e. The van der Waals surface area contributed by atoms with E-state index in [0.717, 1.165) is 15.2 Å². The van der Waals surface area contributed by atoms with Gasteiger partial charge in [-0.25, -0.2) is 12.4 Å². The van der Waals surface area contributed by atoms with Gasteiger partial charge in [0.1, 0.15) is 0 Å². The summed E-state index contributed by atoms with van der Waals surface area (Å²) in [5.41, 5.74) is 1.27. The number of pyridine rings is 1. The average molecular weight is 325 g/mol. The first kappa shape index (κ1) is 11.7. The number of aromatic nitrogens is 2. The first-order chi connectivity index (χ1) is 8.48. The summed E-state index contributed by atoms with van der Waals surface area (Å²) in [6.07, 6.45) is 4.43. The van der Waals surface area contributed by atoms with Gasteiger partial charge >= 0.3 is 0 Å². The molecule has 6 heteroatoms. The lowest BCUT2D eigenvalue weighted by molar-refractivity contribution is 0.596. The summed E-state index contributed by atoms with van der Waals surface area (Å²) in [6, 6.07) is 7.36. The third-order valence-corrected chi connectivity index (χ3v) is 4.37. The molecule has 0 aliphatic carbocycles. The number of benzene rings is 1. The van der Waals surface area contributed by atoms with Gasteiger partial charge in [-0.1, -0.05) is 15.9 Å². The van der Waals surface area contributed by atoms with Gasteiger partial charge in [0, 0.05) is 21.4 Å². The lowest BCUT2D eigenvalue weighted by Crippen LogP contribution is -2.09. The van der Waals surface area contributed by atoms with E-state index < -0.39 is 10.0 Å². The molecule has 0 radical (unpaired) electrons. The van der Waals surface area contributed by atoms with Gasteiger partial charge in [-0.3, -0.25) is 4.98 Å². The van der Waals surface area contributed by atoms with Gasteiger partial charge in [0.15, 0.2) is 0 Å². The summed E-state index contributed by atoms with van der Waals surface area (Å²) in [4.78, 5) is 4.01. The van der Waals surface area contributed by atoms with Crippen molar-refractivity contribution in [3.05, 3.63) is 41.1 Å². The van der Waals surface area contributed by atoms with Crippen LogP contribution in [-0.2, 0) is 10.0 Å². The van der Waals surface area contributed by atoms with Crippen LogP contribution in [0.5, 0.6) is 0 Å². The van der Waals surface area contributed by atoms with Crippen LogP contribution in [-0.4, -0.2) is 23.6 Å². The molecule has 3 aromatic rings. The summed E-state index contributed by atoms with van der Waals surface area (Å²) in [5, 5.41) is 1.78. The van der Waals surface area contributed by atoms with Gasteiger partial charge in [-0.15, -0.1) is 0 Å². The van der Waals surface area contributed by atoms with Crippen LogP contribution < -0.4 is 0 Å². The molecule has 0 fully saturated rings. The second-order valence-electron chi connectivity index (χ2n) is 4.08. The Morgan fingerprint density at radius 1 is 1.17 bits per heavy atom. The van der Waals surface area contributed by atoms with Crippen molar-refractivity contribution >= 4 is 47.8 Å². The van der Waals surface area contributed by atoms with Crippen molar-refractivity contribution in [1.82, 2.24) is 8.96 Å². The minimum Gasteiger partial charge on any atom is -0.262 e. The largest absolute Gasteiger partial charge is 0.262 e. The molecular formula is C12H9BrN2O2S. The monoisotopic (exact) mass is 324 g/mol. The van der Waals surface area contributed by atoms with E-state index in [9.17, 15) is 8.42 Å². The highest BCUT2D eigenvalue weighted by Crippen LogP contribution is 2.31. The zero-order valence-electron chi connectivity index (χ0n) is 9.46.